The van der Waals surface area contributed by atoms with Crippen LogP contribution in [0.3, 0.4) is 0 Å². The van der Waals surface area contributed by atoms with Crippen molar-refractivity contribution in [3.63, 3.8) is 0 Å². The SMILES string of the molecule is Cc1cccc(-c2cn(CC3CCOCC3)c(C(C)(C)C)n2)c1[N+](=O)[O-]. The van der Waals surface area contributed by atoms with Crippen molar-refractivity contribution in [2.75, 3.05) is 13.2 Å². The molecule has 1 aliphatic heterocycles. The van der Waals surface area contributed by atoms with Crippen LogP contribution in [0.4, 0.5) is 5.69 Å². The molecule has 0 N–H and O–H groups in total. The van der Waals surface area contributed by atoms with Crippen LogP contribution in [-0.4, -0.2) is 27.7 Å². The van der Waals surface area contributed by atoms with Gasteiger partial charge in [-0.1, -0.05) is 32.9 Å². The van der Waals surface area contributed by atoms with Gasteiger partial charge in [0, 0.05) is 36.9 Å². The van der Waals surface area contributed by atoms with Gasteiger partial charge in [-0.15, -0.1) is 0 Å². The Morgan fingerprint density at radius 1 is 1.31 bits per heavy atom. The van der Waals surface area contributed by atoms with Gasteiger partial charge in [-0.3, -0.25) is 10.1 Å². The molecule has 0 amide bonds. The zero-order chi connectivity index (χ0) is 18.9. The molecular formula is C20H27N3O3. The number of aryl methyl sites for hydroxylation is 1. The number of ether oxygens (including phenoxy) is 1. The van der Waals surface area contributed by atoms with E-state index >= 15 is 0 Å². The lowest BCUT2D eigenvalue weighted by Crippen LogP contribution is -2.24. The van der Waals surface area contributed by atoms with E-state index < -0.39 is 0 Å². The number of nitrogens with zero attached hydrogens (tertiary/aromatic N) is 3. The Balaban J connectivity index is 2.04. The third-order valence-electron chi connectivity index (χ3n) is 4.94. The predicted octanol–water partition coefficient (Wildman–Crippen LogP) is 4.49. The fourth-order valence-electron chi connectivity index (χ4n) is 3.60. The molecule has 0 spiro atoms. The van der Waals surface area contributed by atoms with Crippen molar-refractivity contribution in [3.05, 3.63) is 45.9 Å². The molecule has 6 nitrogen and oxygen atoms in total. The normalized spacial score (nSPS) is 16.0. The highest BCUT2D eigenvalue weighted by molar-refractivity contribution is 5.72. The highest BCUT2D eigenvalue weighted by atomic mass is 16.6. The predicted molar refractivity (Wildman–Crippen MR) is 101 cm³/mol. The second-order valence-electron chi connectivity index (χ2n) is 8.14. The number of nitro benzene ring substituents is 1. The summed E-state index contributed by atoms with van der Waals surface area (Å²) in [6, 6.07) is 5.41. The lowest BCUT2D eigenvalue weighted by atomic mass is 9.94. The van der Waals surface area contributed by atoms with Crippen LogP contribution in [-0.2, 0) is 16.7 Å². The van der Waals surface area contributed by atoms with E-state index in [9.17, 15) is 10.1 Å². The minimum Gasteiger partial charge on any atom is -0.381 e. The maximum Gasteiger partial charge on any atom is 0.281 e. The first-order chi connectivity index (χ1) is 12.3. The van der Waals surface area contributed by atoms with Gasteiger partial charge in [0.1, 0.15) is 5.82 Å². The maximum atomic E-state index is 11.6. The molecule has 0 unspecified atom stereocenters. The number of imidazole rings is 1. The molecule has 0 aliphatic carbocycles. The number of nitro groups is 1. The van der Waals surface area contributed by atoms with Crippen LogP contribution in [0.2, 0.25) is 0 Å². The minimum atomic E-state index is -0.307. The lowest BCUT2D eigenvalue weighted by molar-refractivity contribution is -0.384. The second-order valence-corrected chi connectivity index (χ2v) is 8.14. The first-order valence-electron chi connectivity index (χ1n) is 9.17. The molecule has 140 valence electrons. The van der Waals surface area contributed by atoms with Crippen LogP contribution in [0, 0.1) is 23.0 Å². The fraction of sp³-hybridized carbons (Fsp3) is 0.550. The number of hydrogen-bond donors (Lipinski definition) is 0. The topological polar surface area (TPSA) is 70.2 Å². The van der Waals surface area contributed by atoms with Crippen molar-refractivity contribution in [1.29, 1.82) is 0 Å². The maximum absolute atomic E-state index is 11.6. The summed E-state index contributed by atoms with van der Waals surface area (Å²) in [5.74, 6) is 1.52. The fourth-order valence-corrected chi connectivity index (χ4v) is 3.60. The molecule has 1 aromatic carbocycles. The summed E-state index contributed by atoms with van der Waals surface area (Å²) in [6.45, 7) is 10.6. The van der Waals surface area contributed by atoms with Crippen LogP contribution < -0.4 is 0 Å². The van der Waals surface area contributed by atoms with Gasteiger partial charge >= 0.3 is 0 Å². The van der Waals surface area contributed by atoms with Crippen LogP contribution in [0.15, 0.2) is 24.4 Å². The van der Waals surface area contributed by atoms with Crippen molar-refractivity contribution < 1.29 is 9.66 Å². The zero-order valence-corrected chi connectivity index (χ0v) is 16.0. The number of aromatic nitrogens is 2. The Morgan fingerprint density at radius 2 is 2.00 bits per heavy atom. The van der Waals surface area contributed by atoms with Crippen molar-refractivity contribution in [2.45, 2.75) is 52.5 Å². The van der Waals surface area contributed by atoms with Crippen molar-refractivity contribution >= 4 is 5.69 Å². The smallest absolute Gasteiger partial charge is 0.281 e. The first-order valence-corrected chi connectivity index (χ1v) is 9.17. The number of rotatable bonds is 4. The summed E-state index contributed by atoms with van der Waals surface area (Å²) >= 11 is 0. The quantitative estimate of drug-likeness (QED) is 0.597. The summed E-state index contributed by atoms with van der Waals surface area (Å²) in [5, 5.41) is 11.6. The van der Waals surface area contributed by atoms with E-state index in [1.165, 1.54) is 0 Å². The Kier molecular flexibility index (Phi) is 5.14. The van der Waals surface area contributed by atoms with Crippen LogP contribution in [0.25, 0.3) is 11.3 Å². The summed E-state index contributed by atoms with van der Waals surface area (Å²) in [5.41, 5.74) is 1.93. The Labute approximate surface area is 154 Å². The number of para-hydroxylation sites is 1. The van der Waals surface area contributed by atoms with Gasteiger partial charge in [0.05, 0.1) is 16.2 Å². The molecule has 2 aromatic rings. The molecule has 0 radical (unpaired) electrons. The average Bonchev–Trinajstić information content (AvgIpc) is 2.99. The molecule has 3 rings (SSSR count). The van der Waals surface area contributed by atoms with E-state index in [0.717, 1.165) is 38.4 Å². The molecule has 1 aromatic heterocycles. The number of hydrogen-bond acceptors (Lipinski definition) is 4. The van der Waals surface area contributed by atoms with Gasteiger partial charge < -0.3 is 9.30 Å². The van der Waals surface area contributed by atoms with Crippen molar-refractivity contribution in [1.82, 2.24) is 9.55 Å². The Morgan fingerprint density at radius 3 is 2.62 bits per heavy atom. The van der Waals surface area contributed by atoms with Crippen LogP contribution in [0.5, 0.6) is 0 Å². The van der Waals surface area contributed by atoms with E-state index in [0.29, 0.717) is 22.7 Å². The molecule has 1 saturated heterocycles. The first kappa shape index (κ1) is 18.6. The summed E-state index contributed by atoms with van der Waals surface area (Å²) in [6.07, 6.45) is 4.07. The third-order valence-corrected chi connectivity index (χ3v) is 4.94. The molecule has 1 aliphatic rings. The molecule has 26 heavy (non-hydrogen) atoms. The Hall–Kier alpha value is -2.21. The molecule has 0 bridgehead atoms. The van der Waals surface area contributed by atoms with E-state index in [-0.39, 0.29) is 16.0 Å². The molecule has 0 atom stereocenters. The molecule has 0 saturated carbocycles. The molecule has 6 heteroatoms. The average molecular weight is 357 g/mol. The van der Waals surface area contributed by atoms with Crippen molar-refractivity contribution in [2.24, 2.45) is 5.92 Å². The van der Waals surface area contributed by atoms with Crippen molar-refractivity contribution in [3.8, 4) is 11.3 Å². The van der Waals surface area contributed by atoms with Crippen LogP contribution in [0.1, 0.15) is 45.0 Å². The van der Waals surface area contributed by atoms with E-state index in [2.05, 4.69) is 25.3 Å². The highest BCUT2D eigenvalue weighted by Gasteiger charge is 2.27. The van der Waals surface area contributed by atoms with E-state index in [1.807, 2.05) is 12.3 Å². The van der Waals surface area contributed by atoms with E-state index in [1.54, 1.807) is 19.1 Å². The molecule has 2 heterocycles. The van der Waals surface area contributed by atoms with Gasteiger partial charge in [0.15, 0.2) is 0 Å². The van der Waals surface area contributed by atoms with Gasteiger partial charge in [-0.2, -0.15) is 0 Å². The Bertz CT molecular complexity index is 799. The molecular weight excluding hydrogens is 330 g/mol. The zero-order valence-electron chi connectivity index (χ0n) is 16.0. The van der Waals surface area contributed by atoms with Gasteiger partial charge in [-0.25, -0.2) is 4.98 Å². The van der Waals surface area contributed by atoms with Crippen LogP contribution >= 0.6 is 0 Å². The third kappa shape index (κ3) is 3.80. The summed E-state index contributed by atoms with van der Waals surface area (Å²) in [7, 11) is 0. The monoisotopic (exact) mass is 357 g/mol. The summed E-state index contributed by atoms with van der Waals surface area (Å²) < 4.78 is 7.66. The van der Waals surface area contributed by atoms with Gasteiger partial charge in [0.2, 0.25) is 0 Å². The standard InChI is InChI=1S/C20H27N3O3/c1-14-6-5-7-16(18(14)23(24)25)17-13-22(19(21-17)20(2,3)4)12-15-8-10-26-11-9-15/h5-7,13,15H,8-12H2,1-4H3. The second kappa shape index (κ2) is 7.19. The van der Waals surface area contributed by atoms with Gasteiger partial charge in [0.25, 0.3) is 5.69 Å². The summed E-state index contributed by atoms with van der Waals surface area (Å²) in [4.78, 5) is 16.1. The number of benzene rings is 1. The minimum absolute atomic E-state index is 0.137. The molecule has 1 fully saturated rings. The van der Waals surface area contributed by atoms with Gasteiger partial charge in [-0.05, 0) is 31.7 Å². The van der Waals surface area contributed by atoms with E-state index in [4.69, 9.17) is 9.72 Å². The lowest BCUT2D eigenvalue weighted by Gasteiger charge is -2.25. The highest BCUT2D eigenvalue weighted by Crippen LogP contribution is 2.34. The largest absolute Gasteiger partial charge is 0.381 e.